The van der Waals surface area contributed by atoms with Crippen LogP contribution in [0.25, 0.3) is 0 Å². The van der Waals surface area contributed by atoms with Crippen LogP contribution in [-0.4, -0.2) is 22.0 Å². The molecule has 0 bridgehead atoms. The lowest BCUT2D eigenvalue weighted by Crippen LogP contribution is -2.22. The van der Waals surface area contributed by atoms with E-state index in [-0.39, 0.29) is 5.91 Å². The molecule has 2 aromatic rings. The molecule has 1 aliphatic heterocycles. The van der Waals surface area contributed by atoms with E-state index in [1.807, 2.05) is 0 Å². The third-order valence-corrected chi connectivity index (χ3v) is 3.39. The molecule has 1 aromatic heterocycles. The van der Waals surface area contributed by atoms with Crippen LogP contribution in [0.3, 0.4) is 0 Å². The average molecular weight is 241 g/mol. The number of para-hydroxylation sites is 1. The normalized spacial score (nSPS) is 13.7. The molecule has 1 aliphatic rings. The van der Waals surface area contributed by atoms with Gasteiger partial charge in [-0.2, -0.15) is 0 Å². The lowest BCUT2D eigenvalue weighted by atomic mass is 10.2. The minimum Gasteiger partial charge on any atom is -0.365 e. The number of hydrogen-bond acceptors (Lipinski definition) is 3. The Morgan fingerprint density at radius 3 is 3.06 bits per heavy atom. The molecule has 0 aliphatic carbocycles. The quantitative estimate of drug-likeness (QED) is 0.808. The zero-order valence-electron chi connectivity index (χ0n) is 10.3. The van der Waals surface area contributed by atoms with Crippen LogP contribution in [0.2, 0.25) is 0 Å². The summed E-state index contributed by atoms with van der Waals surface area (Å²) in [6, 6.07) is 8.43. The first-order chi connectivity index (χ1) is 8.75. The number of fused-ring (bicyclic) bond motifs is 1. The summed E-state index contributed by atoms with van der Waals surface area (Å²) in [6.45, 7) is 3.29. The van der Waals surface area contributed by atoms with E-state index in [1.165, 1.54) is 11.3 Å². The molecule has 4 nitrogen and oxygen atoms in total. The number of carbonyl (C=O) groups is 1. The number of hydrogen-bond donors (Lipinski definition) is 0. The van der Waals surface area contributed by atoms with Crippen LogP contribution in [0.5, 0.6) is 0 Å². The monoisotopic (exact) mass is 241 g/mol. The molecule has 2 heterocycles. The van der Waals surface area contributed by atoms with E-state index in [2.05, 4.69) is 34.1 Å². The van der Waals surface area contributed by atoms with Crippen LogP contribution in [0.1, 0.15) is 23.0 Å². The molecule has 0 atom stereocenters. The Kier molecular flexibility index (Phi) is 2.63. The van der Waals surface area contributed by atoms with Gasteiger partial charge in [-0.1, -0.05) is 18.2 Å². The van der Waals surface area contributed by atoms with Gasteiger partial charge in [-0.25, -0.2) is 4.98 Å². The van der Waals surface area contributed by atoms with Gasteiger partial charge in [-0.3, -0.25) is 9.36 Å². The van der Waals surface area contributed by atoms with E-state index in [1.54, 1.807) is 24.0 Å². The molecule has 92 valence electrons. The lowest BCUT2D eigenvalue weighted by Gasteiger charge is -2.19. The maximum Gasteiger partial charge on any atom is 0.229 e. The zero-order chi connectivity index (χ0) is 12.5. The Morgan fingerprint density at radius 2 is 2.22 bits per heavy atom. The summed E-state index contributed by atoms with van der Waals surface area (Å²) >= 11 is 0. The second-order valence-electron chi connectivity index (χ2n) is 4.57. The number of rotatable bonds is 2. The Morgan fingerprint density at radius 1 is 1.39 bits per heavy atom. The van der Waals surface area contributed by atoms with Crippen LogP contribution in [-0.2, 0) is 13.0 Å². The van der Waals surface area contributed by atoms with Gasteiger partial charge in [0.05, 0.1) is 18.4 Å². The molecular weight excluding hydrogens is 226 g/mol. The van der Waals surface area contributed by atoms with Gasteiger partial charge in [0.25, 0.3) is 0 Å². The SMILES string of the molecule is CC(=O)n1cncc1CN1CCc2ccccc21. The van der Waals surface area contributed by atoms with Crippen LogP contribution in [0, 0.1) is 0 Å². The third-order valence-electron chi connectivity index (χ3n) is 3.39. The Hall–Kier alpha value is -2.10. The molecule has 0 spiro atoms. The average Bonchev–Trinajstić information content (AvgIpc) is 2.97. The number of imidazole rings is 1. The van der Waals surface area contributed by atoms with Crippen molar-refractivity contribution in [3.8, 4) is 0 Å². The fourth-order valence-corrected chi connectivity index (χ4v) is 2.49. The first-order valence-corrected chi connectivity index (χ1v) is 6.11. The molecule has 1 aromatic carbocycles. The minimum atomic E-state index is 0.00924. The molecule has 0 saturated heterocycles. The number of benzene rings is 1. The maximum atomic E-state index is 11.5. The molecular formula is C14H15N3O. The Labute approximate surface area is 106 Å². The van der Waals surface area contributed by atoms with E-state index in [9.17, 15) is 4.79 Å². The first-order valence-electron chi connectivity index (χ1n) is 6.11. The van der Waals surface area contributed by atoms with Crippen molar-refractivity contribution in [1.29, 1.82) is 0 Å². The number of carbonyl (C=O) groups excluding carboxylic acids is 1. The molecule has 0 unspecified atom stereocenters. The number of nitrogens with zero attached hydrogens (tertiary/aromatic N) is 3. The zero-order valence-corrected chi connectivity index (χ0v) is 10.3. The van der Waals surface area contributed by atoms with E-state index in [0.717, 1.165) is 25.2 Å². The number of aromatic nitrogens is 2. The molecule has 3 rings (SSSR count). The van der Waals surface area contributed by atoms with Crippen molar-refractivity contribution in [2.75, 3.05) is 11.4 Å². The van der Waals surface area contributed by atoms with Crippen molar-refractivity contribution in [1.82, 2.24) is 9.55 Å². The van der Waals surface area contributed by atoms with Gasteiger partial charge in [-0.15, -0.1) is 0 Å². The van der Waals surface area contributed by atoms with Crippen LogP contribution in [0.4, 0.5) is 5.69 Å². The molecule has 0 saturated carbocycles. The van der Waals surface area contributed by atoms with Gasteiger partial charge >= 0.3 is 0 Å². The molecule has 18 heavy (non-hydrogen) atoms. The smallest absolute Gasteiger partial charge is 0.229 e. The van der Waals surface area contributed by atoms with Crippen molar-refractivity contribution < 1.29 is 4.79 Å². The van der Waals surface area contributed by atoms with Gasteiger partial charge < -0.3 is 4.90 Å². The fraction of sp³-hybridized carbons (Fsp3) is 0.286. The van der Waals surface area contributed by atoms with Crippen molar-refractivity contribution in [3.05, 3.63) is 48.0 Å². The Balaban J connectivity index is 1.86. The van der Waals surface area contributed by atoms with Crippen molar-refractivity contribution in [3.63, 3.8) is 0 Å². The van der Waals surface area contributed by atoms with Gasteiger partial charge in [-0.05, 0) is 18.1 Å². The summed E-state index contributed by atoms with van der Waals surface area (Å²) in [7, 11) is 0. The topological polar surface area (TPSA) is 38.1 Å². The van der Waals surface area contributed by atoms with Crippen LogP contribution in [0.15, 0.2) is 36.8 Å². The summed E-state index contributed by atoms with van der Waals surface area (Å²) in [5, 5.41) is 0. The highest BCUT2D eigenvalue weighted by molar-refractivity contribution is 5.76. The summed E-state index contributed by atoms with van der Waals surface area (Å²) < 4.78 is 1.61. The van der Waals surface area contributed by atoms with Gasteiger partial charge in [0.15, 0.2) is 0 Å². The molecule has 0 fully saturated rings. The Bertz CT molecular complexity index is 588. The van der Waals surface area contributed by atoms with Crippen molar-refractivity contribution >= 4 is 11.6 Å². The summed E-state index contributed by atoms with van der Waals surface area (Å²) in [5.74, 6) is 0.00924. The molecule has 0 radical (unpaired) electrons. The summed E-state index contributed by atoms with van der Waals surface area (Å²) in [5.41, 5.74) is 3.60. The lowest BCUT2D eigenvalue weighted by molar-refractivity contribution is 0.0933. The number of anilines is 1. The molecule has 0 amide bonds. The second kappa shape index (κ2) is 4.29. The minimum absolute atomic E-state index is 0.00924. The fourth-order valence-electron chi connectivity index (χ4n) is 2.49. The largest absolute Gasteiger partial charge is 0.365 e. The second-order valence-corrected chi connectivity index (χ2v) is 4.57. The van der Waals surface area contributed by atoms with E-state index < -0.39 is 0 Å². The predicted octanol–water partition coefficient (Wildman–Crippen LogP) is 2.11. The van der Waals surface area contributed by atoms with Crippen LogP contribution < -0.4 is 4.90 Å². The highest BCUT2D eigenvalue weighted by Gasteiger charge is 2.19. The summed E-state index contributed by atoms with van der Waals surface area (Å²) in [4.78, 5) is 17.8. The predicted molar refractivity (Wildman–Crippen MR) is 69.7 cm³/mol. The van der Waals surface area contributed by atoms with E-state index >= 15 is 0 Å². The van der Waals surface area contributed by atoms with Gasteiger partial charge in [0, 0.05) is 19.2 Å². The molecule has 0 N–H and O–H groups in total. The molecule has 4 heteroatoms. The summed E-state index contributed by atoms with van der Waals surface area (Å²) in [6.07, 6.45) is 4.42. The maximum absolute atomic E-state index is 11.5. The van der Waals surface area contributed by atoms with Crippen molar-refractivity contribution in [2.45, 2.75) is 19.9 Å². The first kappa shape index (κ1) is 11.0. The standard InChI is InChI=1S/C14H15N3O/c1-11(18)17-10-15-8-13(17)9-16-7-6-12-4-2-3-5-14(12)16/h2-5,8,10H,6-7,9H2,1H3. The van der Waals surface area contributed by atoms with E-state index in [0.29, 0.717) is 0 Å². The van der Waals surface area contributed by atoms with Crippen LogP contribution >= 0.6 is 0 Å². The van der Waals surface area contributed by atoms with Gasteiger partial charge in [0.1, 0.15) is 6.33 Å². The highest BCUT2D eigenvalue weighted by atomic mass is 16.1. The third kappa shape index (κ3) is 1.79. The van der Waals surface area contributed by atoms with Crippen molar-refractivity contribution in [2.24, 2.45) is 0 Å². The highest BCUT2D eigenvalue weighted by Crippen LogP contribution is 2.28. The van der Waals surface area contributed by atoms with Gasteiger partial charge in [0.2, 0.25) is 5.91 Å². The van der Waals surface area contributed by atoms with E-state index in [4.69, 9.17) is 0 Å².